The SMILES string of the molecule is N#Cc1ccc(/C=N/Nc2nc(N3CCOCC3)nc(N3CCOCC3)n2)cc1. The van der Waals surface area contributed by atoms with Crippen molar-refractivity contribution in [1.29, 1.82) is 5.26 Å². The molecule has 2 aliphatic rings. The smallest absolute Gasteiger partial charge is 0.250 e. The molecule has 1 aromatic carbocycles. The van der Waals surface area contributed by atoms with Gasteiger partial charge in [-0.15, -0.1) is 0 Å². The molecule has 0 bridgehead atoms. The summed E-state index contributed by atoms with van der Waals surface area (Å²) in [6.45, 7) is 5.55. The molecule has 10 heteroatoms. The topological polar surface area (TPSA) is 112 Å². The maximum atomic E-state index is 8.88. The number of aromatic nitrogens is 3. The van der Waals surface area contributed by atoms with Gasteiger partial charge in [0.15, 0.2) is 0 Å². The van der Waals surface area contributed by atoms with Crippen LogP contribution in [0.5, 0.6) is 0 Å². The Labute approximate surface area is 168 Å². The quantitative estimate of drug-likeness (QED) is 0.583. The van der Waals surface area contributed by atoms with Crippen LogP contribution >= 0.6 is 0 Å². The Balaban J connectivity index is 1.53. The molecule has 2 aromatic rings. The largest absolute Gasteiger partial charge is 0.378 e. The third-order valence-corrected chi connectivity index (χ3v) is 4.62. The lowest BCUT2D eigenvalue weighted by Crippen LogP contribution is -2.40. The second-order valence-corrected chi connectivity index (χ2v) is 6.56. The first kappa shape index (κ1) is 19.0. The molecular weight excluding hydrogens is 372 g/mol. The summed E-state index contributed by atoms with van der Waals surface area (Å²) < 4.78 is 10.9. The molecule has 0 radical (unpaired) electrons. The van der Waals surface area contributed by atoms with Crippen LogP contribution in [0.1, 0.15) is 11.1 Å². The van der Waals surface area contributed by atoms with Gasteiger partial charge in [0.1, 0.15) is 0 Å². The number of anilines is 3. The molecule has 2 saturated heterocycles. The molecule has 150 valence electrons. The Morgan fingerprint density at radius 1 is 0.897 bits per heavy atom. The van der Waals surface area contributed by atoms with Gasteiger partial charge >= 0.3 is 0 Å². The molecule has 4 rings (SSSR count). The minimum absolute atomic E-state index is 0.382. The number of hydrogen-bond acceptors (Lipinski definition) is 10. The number of rotatable bonds is 5. The van der Waals surface area contributed by atoms with Crippen molar-refractivity contribution >= 4 is 24.1 Å². The highest BCUT2D eigenvalue weighted by atomic mass is 16.5. The number of ether oxygens (including phenoxy) is 2. The van der Waals surface area contributed by atoms with Gasteiger partial charge in [0.25, 0.3) is 0 Å². The standard InChI is InChI=1S/C19H22N8O2/c20-13-15-1-3-16(4-2-15)14-21-25-17-22-18(26-5-9-28-10-6-26)24-19(23-17)27-7-11-29-12-8-27/h1-4,14H,5-12H2,(H,22,23,24,25)/b21-14+. The van der Waals surface area contributed by atoms with Crippen molar-refractivity contribution in [3.63, 3.8) is 0 Å². The van der Waals surface area contributed by atoms with Gasteiger partial charge < -0.3 is 19.3 Å². The van der Waals surface area contributed by atoms with Gasteiger partial charge in [-0.1, -0.05) is 12.1 Å². The Hall–Kier alpha value is -3.29. The van der Waals surface area contributed by atoms with Gasteiger partial charge in [-0.25, -0.2) is 5.43 Å². The lowest BCUT2D eigenvalue weighted by molar-refractivity contribution is 0.121. The molecule has 1 aromatic heterocycles. The first-order chi connectivity index (χ1) is 14.3. The van der Waals surface area contributed by atoms with Gasteiger partial charge in [-0.2, -0.15) is 25.3 Å². The molecule has 0 spiro atoms. The van der Waals surface area contributed by atoms with E-state index in [0.717, 1.165) is 31.7 Å². The number of morpholine rings is 2. The molecule has 0 aliphatic carbocycles. The van der Waals surface area contributed by atoms with Gasteiger partial charge in [-0.3, -0.25) is 0 Å². The van der Waals surface area contributed by atoms with Crippen LogP contribution in [0.4, 0.5) is 17.8 Å². The second-order valence-electron chi connectivity index (χ2n) is 6.56. The first-order valence-electron chi connectivity index (χ1n) is 9.52. The van der Waals surface area contributed by atoms with Crippen LogP contribution in [0.3, 0.4) is 0 Å². The maximum Gasteiger partial charge on any atom is 0.250 e. The zero-order valence-corrected chi connectivity index (χ0v) is 16.0. The molecule has 1 N–H and O–H groups in total. The van der Waals surface area contributed by atoms with Crippen molar-refractivity contribution in [2.75, 3.05) is 67.8 Å². The van der Waals surface area contributed by atoms with Crippen molar-refractivity contribution in [3.05, 3.63) is 35.4 Å². The maximum absolute atomic E-state index is 8.88. The summed E-state index contributed by atoms with van der Waals surface area (Å²) >= 11 is 0. The van der Waals surface area contributed by atoms with E-state index in [1.165, 1.54) is 0 Å². The number of hydrazone groups is 1. The summed E-state index contributed by atoms with van der Waals surface area (Å²) in [6, 6.07) is 9.25. The predicted molar refractivity (Wildman–Crippen MR) is 108 cm³/mol. The van der Waals surface area contributed by atoms with Crippen LogP contribution < -0.4 is 15.2 Å². The molecule has 0 saturated carbocycles. The highest BCUT2D eigenvalue weighted by Gasteiger charge is 2.20. The third-order valence-electron chi connectivity index (χ3n) is 4.62. The molecule has 0 amide bonds. The molecule has 29 heavy (non-hydrogen) atoms. The molecule has 0 unspecified atom stereocenters. The summed E-state index contributed by atoms with van der Waals surface area (Å²) in [5.41, 5.74) is 4.38. The van der Waals surface area contributed by atoms with Crippen molar-refractivity contribution in [1.82, 2.24) is 15.0 Å². The molecule has 3 heterocycles. The molecule has 10 nitrogen and oxygen atoms in total. The Kier molecular flexibility index (Phi) is 6.09. The van der Waals surface area contributed by atoms with Crippen molar-refractivity contribution in [2.45, 2.75) is 0 Å². The lowest BCUT2D eigenvalue weighted by atomic mass is 10.2. The number of nitriles is 1. The highest BCUT2D eigenvalue weighted by molar-refractivity contribution is 5.80. The fourth-order valence-corrected chi connectivity index (χ4v) is 3.02. The van der Waals surface area contributed by atoms with E-state index in [1.54, 1.807) is 18.3 Å². The van der Waals surface area contributed by atoms with Crippen LogP contribution in [0, 0.1) is 11.3 Å². The van der Waals surface area contributed by atoms with Crippen LogP contribution in [-0.4, -0.2) is 73.8 Å². The van der Waals surface area contributed by atoms with Crippen molar-refractivity contribution in [2.24, 2.45) is 5.10 Å². The van der Waals surface area contributed by atoms with Gasteiger partial charge in [0.2, 0.25) is 17.8 Å². The molecule has 0 atom stereocenters. The number of nitrogens with zero attached hydrogens (tertiary/aromatic N) is 7. The molecule has 2 fully saturated rings. The average Bonchev–Trinajstić information content (AvgIpc) is 2.80. The number of hydrogen-bond donors (Lipinski definition) is 1. The number of benzene rings is 1. The summed E-state index contributed by atoms with van der Waals surface area (Å²) in [5.74, 6) is 1.61. The van der Waals surface area contributed by atoms with Crippen molar-refractivity contribution in [3.8, 4) is 6.07 Å². The second kappa shape index (κ2) is 9.27. The van der Waals surface area contributed by atoms with Crippen LogP contribution in [-0.2, 0) is 9.47 Å². The zero-order valence-electron chi connectivity index (χ0n) is 16.0. The number of nitrogens with one attached hydrogen (secondary N) is 1. The van der Waals surface area contributed by atoms with E-state index in [1.807, 2.05) is 12.1 Å². The van der Waals surface area contributed by atoms with Gasteiger partial charge in [-0.05, 0) is 17.7 Å². The Bertz CT molecular complexity index is 848. The summed E-state index contributed by atoms with van der Waals surface area (Å²) in [5, 5.41) is 13.1. The summed E-state index contributed by atoms with van der Waals surface area (Å²) in [6.07, 6.45) is 1.66. The normalized spacial score (nSPS) is 17.3. The minimum atomic E-state index is 0.382. The zero-order chi connectivity index (χ0) is 19.9. The molecular formula is C19H22N8O2. The van der Waals surface area contributed by atoms with E-state index in [2.05, 4.69) is 41.3 Å². The van der Waals surface area contributed by atoms with Crippen LogP contribution in [0.2, 0.25) is 0 Å². The van der Waals surface area contributed by atoms with E-state index in [-0.39, 0.29) is 0 Å². The monoisotopic (exact) mass is 394 g/mol. The highest BCUT2D eigenvalue weighted by Crippen LogP contribution is 2.18. The van der Waals surface area contributed by atoms with Crippen molar-refractivity contribution < 1.29 is 9.47 Å². The van der Waals surface area contributed by atoms with E-state index in [4.69, 9.17) is 14.7 Å². The summed E-state index contributed by atoms with van der Waals surface area (Å²) in [4.78, 5) is 17.9. The minimum Gasteiger partial charge on any atom is -0.378 e. The third kappa shape index (κ3) is 4.96. The summed E-state index contributed by atoms with van der Waals surface area (Å²) in [7, 11) is 0. The first-order valence-corrected chi connectivity index (χ1v) is 9.52. The Morgan fingerprint density at radius 3 is 1.97 bits per heavy atom. The predicted octanol–water partition coefficient (Wildman–Crippen LogP) is 0.862. The van der Waals surface area contributed by atoms with Crippen LogP contribution in [0.25, 0.3) is 0 Å². The van der Waals surface area contributed by atoms with Crippen LogP contribution in [0.15, 0.2) is 29.4 Å². The Morgan fingerprint density at radius 2 is 1.45 bits per heavy atom. The van der Waals surface area contributed by atoms with E-state index in [0.29, 0.717) is 49.8 Å². The lowest BCUT2D eigenvalue weighted by Gasteiger charge is -2.30. The molecule has 2 aliphatic heterocycles. The van der Waals surface area contributed by atoms with Gasteiger partial charge in [0.05, 0.1) is 44.3 Å². The van der Waals surface area contributed by atoms with E-state index in [9.17, 15) is 0 Å². The fourth-order valence-electron chi connectivity index (χ4n) is 3.02. The van der Waals surface area contributed by atoms with E-state index < -0.39 is 0 Å². The van der Waals surface area contributed by atoms with E-state index >= 15 is 0 Å². The van der Waals surface area contributed by atoms with Gasteiger partial charge in [0, 0.05) is 26.2 Å². The fraction of sp³-hybridized carbons (Fsp3) is 0.421. The average molecular weight is 394 g/mol.